The molecule has 0 saturated carbocycles. The first-order chi connectivity index (χ1) is 12.5. The number of aliphatic hydroxyl groups is 1. The van der Waals surface area contributed by atoms with Crippen LogP contribution in [0.15, 0.2) is 73.1 Å². The molecular weight excluding hydrogens is 326 g/mol. The van der Waals surface area contributed by atoms with Crippen LogP contribution < -0.4 is 5.32 Å². The molecule has 1 amide bonds. The van der Waals surface area contributed by atoms with Gasteiger partial charge in [0.25, 0.3) is 0 Å². The number of carbonyl (C=O) groups excluding carboxylic acids is 1. The summed E-state index contributed by atoms with van der Waals surface area (Å²) < 4.78 is 1.84. The standard InChI is InChI=1S/C21H23N3O2/c1-21(26,19-10-6-3-7-11-19)12-20(25)22-13-18-14-23-24(16-18)15-17-8-4-2-5-9-17/h2-11,14,16,26H,12-13,15H2,1H3,(H,22,25). The number of benzene rings is 2. The van der Waals surface area contributed by atoms with Crippen LogP contribution in [0.2, 0.25) is 0 Å². The van der Waals surface area contributed by atoms with Crippen molar-refractivity contribution in [1.82, 2.24) is 15.1 Å². The van der Waals surface area contributed by atoms with Crippen molar-refractivity contribution in [2.24, 2.45) is 0 Å². The number of nitrogens with one attached hydrogen (secondary N) is 1. The first-order valence-corrected chi connectivity index (χ1v) is 8.63. The summed E-state index contributed by atoms with van der Waals surface area (Å²) in [6.45, 7) is 2.73. The lowest BCUT2D eigenvalue weighted by Gasteiger charge is -2.23. The van der Waals surface area contributed by atoms with Crippen molar-refractivity contribution in [2.45, 2.75) is 32.0 Å². The first-order valence-electron chi connectivity index (χ1n) is 8.63. The molecule has 134 valence electrons. The maximum absolute atomic E-state index is 12.2. The SMILES string of the molecule is CC(O)(CC(=O)NCc1cnn(Cc2ccccc2)c1)c1ccccc1. The van der Waals surface area contributed by atoms with Crippen LogP contribution in [-0.2, 0) is 23.5 Å². The minimum absolute atomic E-state index is 0.00909. The molecule has 0 aliphatic rings. The van der Waals surface area contributed by atoms with Crippen molar-refractivity contribution in [2.75, 3.05) is 0 Å². The summed E-state index contributed by atoms with van der Waals surface area (Å²) in [6.07, 6.45) is 3.68. The third-order valence-electron chi connectivity index (χ3n) is 4.26. The van der Waals surface area contributed by atoms with E-state index in [1.807, 2.05) is 59.4 Å². The van der Waals surface area contributed by atoms with Crippen molar-refractivity contribution in [3.05, 3.63) is 89.7 Å². The van der Waals surface area contributed by atoms with Crippen LogP contribution in [0.3, 0.4) is 0 Å². The lowest BCUT2D eigenvalue weighted by Crippen LogP contribution is -2.32. The molecule has 0 bridgehead atoms. The van der Waals surface area contributed by atoms with Crippen LogP contribution in [0.25, 0.3) is 0 Å². The molecule has 1 heterocycles. The zero-order valence-corrected chi connectivity index (χ0v) is 14.8. The van der Waals surface area contributed by atoms with E-state index in [-0.39, 0.29) is 12.3 Å². The molecule has 3 rings (SSSR count). The average molecular weight is 349 g/mol. The maximum Gasteiger partial charge on any atom is 0.223 e. The van der Waals surface area contributed by atoms with Gasteiger partial charge in [0, 0.05) is 18.3 Å². The Morgan fingerprint density at radius 1 is 1.08 bits per heavy atom. The van der Waals surface area contributed by atoms with E-state index < -0.39 is 5.60 Å². The second kappa shape index (κ2) is 7.97. The molecule has 0 spiro atoms. The van der Waals surface area contributed by atoms with E-state index in [4.69, 9.17) is 0 Å². The summed E-state index contributed by atoms with van der Waals surface area (Å²) in [5.41, 5.74) is 1.63. The molecule has 1 atom stereocenters. The summed E-state index contributed by atoms with van der Waals surface area (Å²) in [5.74, 6) is -0.199. The van der Waals surface area contributed by atoms with Crippen LogP contribution >= 0.6 is 0 Å². The number of carbonyl (C=O) groups is 1. The summed E-state index contributed by atoms with van der Waals surface area (Å²) in [5, 5.41) is 17.7. The van der Waals surface area contributed by atoms with Gasteiger partial charge in [-0.1, -0.05) is 60.7 Å². The van der Waals surface area contributed by atoms with E-state index in [0.29, 0.717) is 13.1 Å². The van der Waals surface area contributed by atoms with Crippen LogP contribution in [0.5, 0.6) is 0 Å². The largest absolute Gasteiger partial charge is 0.385 e. The Morgan fingerprint density at radius 3 is 2.42 bits per heavy atom. The number of nitrogens with zero attached hydrogens (tertiary/aromatic N) is 2. The van der Waals surface area contributed by atoms with Crippen molar-refractivity contribution in [1.29, 1.82) is 0 Å². The fraction of sp³-hybridized carbons (Fsp3) is 0.238. The number of hydrogen-bond donors (Lipinski definition) is 2. The second-order valence-electron chi connectivity index (χ2n) is 6.63. The summed E-state index contributed by atoms with van der Waals surface area (Å²) in [7, 11) is 0. The molecule has 5 heteroatoms. The fourth-order valence-corrected chi connectivity index (χ4v) is 2.83. The van der Waals surface area contributed by atoms with Gasteiger partial charge >= 0.3 is 0 Å². The van der Waals surface area contributed by atoms with Gasteiger partial charge in [0.2, 0.25) is 5.91 Å². The Morgan fingerprint density at radius 2 is 1.73 bits per heavy atom. The Hall–Kier alpha value is -2.92. The first kappa shape index (κ1) is 17.9. The monoisotopic (exact) mass is 349 g/mol. The quantitative estimate of drug-likeness (QED) is 0.689. The van der Waals surface area contributed by atoms with Gasteiger partial charge in [-0.05, 0) is 18.1 Å². The Balaban J connectivity index is 1.52. The van der Waals surface area contributed by atoms with Crippen molar-refractivity contribution >= 4 is 5.91 Å². The van der Waals surface area contributed by atoms with E-state index in [0.717, 1.165) is 11.1 Å². The number of amides is 1. The predicted molar refractivity (Wildman–Crippen MR) is 100 cm³/mol. The maximum atomic E-state index is 12.2. The van der Waals surface area contributed by atoms with E-state index in [1.165, 1.54) is 5.56 Å². The van der Waals surface area contributed by atoms with Gasteiger partial charge < -0.3 is 10.4 Å². The minimum atomic E-state index is -1.19. The third-order valence-corrected chi connectivity index (χ3v) is 4.26. The van der Waals surface area contributed by atoms with Gasteiger partial charge in [0.1, 0.15) is 0 Å². The van der Waals surface area contributed by atoms with Crippen LogP contribution in [0.4, 0.5) is 0 Å². The highest BCUT2D eigenvalue weighted by Crippen LogP contribution is 2.23. The van der Waals surface area contributed by atoms with Crippen molar-refractivity contribution in [3.63, 3.8) is 0 Å². The normalized spacial score (nSPS) is 13.2. The average Bonchev–Trinajstić information content (AvgIpc) is 3.09. The molecule has 2 aromatic carbocycles. The molecule has 0 aliphatic heterocycles. The molecule has 5 nitrogen and oxygen atoms in total. The lowest BCUT2D eigenvalue weighted by molar-refractivity contribution is -0.126. The topological polar surface area (TPSA) is 67.2 Å². The molecule has 1 aromatic heterocycles. The summed E-state index contributed by atoms with van der Waals surface area (Å²) >= 11 is 0. The molecule has 0 fully saturated rings. The summed E-state index contributed by atoms with van der Waals surface area (Å²) in [4.78, 5) is 12.2. The van der Waals surface area contributed by atoms with Gasteiger partial charge in [-0.15, -0.1) is 0 Å². The molecule has 0 aliphatic carbocycles. The van der Waals surface area contributed by atoms with Crippen LogP contribution in [0, 0.1) is 0 Å². The molecule has 0 saturated heterocycles. The molecule has 0 radical (unpaired) electrons. The van der Waals surface area contributed by atoms with Gasteiger partial charge in [-0.25, -0.2) is 0 Å². The summed E-state index contributed by atoms with van der Waals surface area (Å²) in [6, 6.07) is 19.3. The smallest absolute Gasteiger partial charge is 0.223 e. The number of aromatic nitrogens is 2. The number of hydrogen-bond acceptors (Lipinski definition) is 3. The Labute approximate surface area is 153 Å². The molecular formula is C21H23N3O2. The second-order valence-corrected chi connectivity index (χ2v) is 6.63. The number of rotatable bonds is 7. The molecule has 1 unspecified atom stereocenters. The van der Waals surface area contributed by atoms with E-state index >= 15 is 0 Å². The highest BCUT2D eigenvalue weighted by atomic mass is 16.3. The Bertz CT molecular complexity index is 842. The van der Waals surface area contributed by atoms with E-state index in [1.54, 1.807) is 13.1 Å². The van der Waals surface area contributed by atoms with E-state index in [2.05, 4.69) is 22.5 Å². The molecule has 26 heavy (non-hydrogen) atoms. The lowest BCUT2D eigenvalue weighted by atomic mass is 9.92. The molecule has 2 N–H and O–H groups in total. The van der Waals surface area contributed by atoms with Crippen molar-refractivity contribution in [3.8, 4) is 0 Å². The van der Waals surface area contributed by atoms with Gasteiger partial charge in [-0.3, -0.25) is 9.48 Å². The highest BCUT2D eigenvalue weighted by Gasteiger charge is 2.26. The van der Waals surface area contributed by atoms with Gasteiger partial charge in [0.15, 0.2) is 0 Å². The van der Waals surface area contributed by atoms with Crippen LogP contribution in [-0.4, -0.2) is 20.8 Å². The zero-order valence-electron chi connectivity index (χ0n) is 14.8. The van der Waals surface area contributed by atoms with E-state index in [9.17, 15) is 9.90 Å². The van der Waals surface area contributed by atoms with Crippen LogP contribution in [0.1, 0.15) is 30.0 Å². The highest BCUT2D eigenvalue weighted by molar-refractivity contribution is 5.77. The minimum Gasteiger partial charge on any atom is -0.385 e. The van der Waals surface area contributed by atoms with Crippen molar-refractivity contribution < 1.29 is 9.90 Å². The van der Waals surface area contributed by atoms with Gasteiger partial charge in [0.05, 0.1) is 24.8 Å². The third kappa shape index (κ3) is 4.80. The fourth-order valence-electron chi connectivity index (χ4n) is 2.83. The predicted octanol–water partition coefficient (Wildman–Crippen LogP) is 2.85. The van der Waals surface area contributed by atoms with Gasteiger partial charge in [-0.2, -0.15) is 5.10 Å². The Kier molecular flexibility index (Phi) is 5.49. The zero-order chi connectivity index (χ0) is 18.4. The molecule has 3 aromatic rings.